The fourth-order valence-electron chi connectivity index (χ4n) is 1.66. The lowest BCUT2D eigenvalue weighted by Gasteiger charge is -2.19. The first kappa shape index (κ1) is 8.79. The fraction of sp³-hybridized carbons (Fsp3) is 0.400. The average molecular weight is 174 g/mol. The first-order valence-electron chi connectivity index (χ1n) is 4.48. The molecule has 0 saturated heterocycles. The SMILES string of the molecule is CC1(C)O[B]c2cc(CN)ccc21. The van der Waals surface area contributed by atoms with E-state index in [-0.39, 0.29) is 5.60 Å². The largest absolute Gasteiger partial charge is 0.426 e. The summed E-state index contributed by atoms with van der Waals surface area (Å²) in [4.78, 5) is 0. The molecule has 0 atom stereocenters. The van der Waals surface area contributed by atoms with Crippen LogP contribution in [0, 0.1) is 0 Å². The molecular weight excluding hydrogens is 161 g/mol. The van der Waals surface area contributed by atoms with Crippen LogP contribution in [0.25, 0.3) is 0 Å². The maximum atomic E-state index is 5.56. The van der Waals surface area contributed by atoms with Crippen LogP contribution in [0.3, 0.4) is 0 Å². The Balaban J connectivity index is 2.46. The Hall–Kier alpha value is -0.795. The summed E-state index contributed by atoms with van der Waals surface area (Å²) < 4.78 is 5.54. The standard InChI is InChI=1S/C10H13BNO/c1-10(2)8-4-3-7(6-12)5-9(8)11-13-10/h3-5H,6,12H2,1-2H3. The molecule has 1 aromatic rings. The van der Waals surface area contributed by atoms with Gasteiger partial charge >= 0.3 is 7.48 Å². The molecule has 0 bridgehead atoms. The van der Waals surface area contributed by atoms with Crippen LogP contribution in [0.2, 0.25) is 0 Å². The molecule has 0 fully saturated rings. The summed E-state index contributed by atoms with van der Waals surface area (Å²) in [5.41, 5.74) is 8.93. The summed E-state index contributed by atoms with van der Waals surface area (Å²) >= 11 is 0. The molecule has 2 rings (SSSR count). The summed E-state index contributed by atoms with van der Waals surface area (Å²) in [7, 11) is 1.81. The van der Waals surface area contributed by atoms with E-state index in [0.29, 0.717) is 6.54 Å². The van der Waals surface area contributed by atoms with E-state index in [1.54, 1.807) is 0 Å². The predicted octanol–water partition coefficient (Wildman–Crippen LogP) is 0.655. The smallest absolute Gasteiger partial charge is 0.331 e. The van der Waals surface area contributed by atoms with Gasteiger partial charge in [-0.25, -0.2) is 0 Å². The lowest BCUT2D eigenvalue weighted by atomic mass is 9.83. The van der Waals surface area contributed by atoms with Crippen molar-refractivity contribution in [1.82, 2.24) is 0 Å². The summed E-state index contributed by atoms with van der Waals surface area (Å²) in [5, 5.41) is 0. The Labute approximate surface area is 79.4 Å². The molecule has 3 heteroatoms. The van der Waals surface area contributed by atoms with Gasteiger partial charge in [0.2, 0.25) is 0 Å². The molecule has 0 amide bonds. The maximum Gasteiger partial charge on any atom is 0.331 e. The van der Waals surface area contributed by atoms with Gasteiger partial charge in [0.1, 0.15) is 0 Å². The highest BCUT2D eigenvalue weighted by Gasteiger charge is 2.31. The zero-order valence-corrected chi connectivity index (χ0v) is 8.00. The van der Waals surface area contributed by atoms with Crippen molar-refractivity contribution in [2.45, 2.75) is 26.0 Å². The first-order valence-corrected chi connectivity index (χ1v) is 4.48. The highest BCUT2D eigenvalue weighted by molar-refractivity contribution is 6.49. The molecule has 1 aromatic carbocycles. The van der Waals surface area contributed by atoms with Gasteiger partial charge in [-0.1, -0.05) is 18.2 Å². The Morgan fingerprint density at radius 2 is 2.23 bits per heavy atom. The molecule has 1 aliphatic rings. The Morgan fingerprint density at radius 3 is 2.92 bits per heavy atom. The van der Waals surface area contributed by atoms with Crippen molar-refractivity contribution >= 4 is 12.9 Å². The number of benzene rings is 1. The average Bonchev–Trinajstić information content (AvgIpc) is 2.42. The molecule has 0 unspecified atom stereocenters. The van der Waals surface area contributed by atoms with E-state index < -0.39 is 0 Å². The number of hydrogen-bond acceptors (Lipinski definition) is 2. The molecule has 1 radical (unpaired) electrons. The van der Waals surface area contributed by atoms with Crippen molar-refractivity contribution in [1.29, 1.82) is 0 Å². The highest BCUT2D eigenvalue weighted by Crippen LogP contribution is 2.27. The van der Waals surface area contributed by atoms with Crippen molar-refractivity contribution in [3.63, 3.8) is 0 Å². The second kappa shape index (κ2) is 2.86. The van der Waals surface area contributed by atoms with Crippen LogP contribution in [-0.2, 0) is 16.8 Å². The van der Waals surface area contributed by atoms with E-state index in [0.717, 1.165) is 11.0 Å². The molecule has 13 heavy (non-hydrogen) atoms. The minimum atomic E-state index is -0.178. The second-order valence-electron chi connectivity index (χ2n) is 3.87. The number of nitrogens with two attached hydrogens (primary N) is 1. The third-order valence-electron chi connectivity index (χ3n) is 2.48. The zero-order chi connectivity index (χ0) is 9.47. The van der Waals surface area contributed by atoms with Crippen LogP contribution < -0.4 is 11.2 Å². The van der Waals surface area contributed by atoms with Crippen molar-refractivity contribution < 1.29 is 4.65 Å². The van der Waals surface area contributed by atoms with Gasteiger partial charge in [0.05, 0.1) is 5.60 Å². The van der Waals surface area contributed by atoms with Crippen molar-refractivity contribution in [2.75, 3.05) is 0 Å². The molecule has 0 spiro atoms. The van der Waals surface area contributed by atoms with E-state index in [2.05, 4.69) is 32.0 Å². The Kier molecular flexibility index (Phi) is 1.93. The Bertz CT molecular complexity index is 336. The molecule has 1 aliphatic heterocycles. The summed E-state index contributed by atoms with van der Waals surface area (Å²) in [6.45, 7) is 4.72. The van der Waals surface area contributed by atoms with Crippen LogP contribution in [0.4, 0.5) is 0 Å². The van der Waals surface area contributed by atoms with Gasteiger partial charge in [-0.05, 0) is 30.4 Å². The second-order valence-corrected chi connectivity index (χ2v) is 3.87. The number of rotatable bonds is 1. The molecule has 0 aliphatic carbocycles. The molecular formula is C10H13BNO. The summed E-state index contributed by atoms with van der Waals surface area (Å²) in [6.07, 6.45) is 0. The van der Waals surface area contributed by atoms with Gasteiger partial charge in [0, 0.05) is 6.54 Å². The fourth-order valence-corrected chi connectivity index (χ4v) is 1.66. The van der Waals surface area contributed by atoms with Crippen molar-refractivity contribution in [2.24, 2.45) is 5.73 Å². The van der Waals surface area contributed by atoms with Gasteiger partial charge in [-0.2, -0.15) is 0 Å². The van der Waals surface area contributed by atoms with Crippen molar-refractivity contribution in [3.05, 3.63) is 29.3 Å². The highest BCUT2D eigenvalue weighted by atomic mass is 16.5. The number of hydrogen-bond donors (Lipinski definition) is 1. The predicted molar refractivity (Wildman–Crippen MR) is 53.8 cm³/mol. The van der Waals surface area contributed by atoms with Gasteiger partial charge < -0.3 is 10.4 Å². The normalized spacial score (nSPS) is 18.1. The van der Waals surface area contributed by atoms with Crippen LogP contribution in [-0.4, -0.2) is 7.48 Å². The maximum absolute atomic E-state index is 5.56. The molecule has 1 heterocycles. The van der Waals surface area contributed by atoms with E-state index in [1.165, 1.54) is 5.56 Å². The topological polar surface area (TPSA) is 35.2 Å². The molecule has 2 nitrogen and oxygen atoms in total. The van der Waals surface area contributed by atoms with Gasteiger partial charge in [-0.3, -0.25) is 0 Å². The van der Waals surface area contributed by atoms with Crippen LogP contribution >= 0.6 is 0 Å². The third-order valence-corrected chi connectivity index (χ3v) is 2.48. The van der Waals surface area contributed by atoms with E-state index in [4.69, 9.17) is 10.4 Å². The van der Waals surface area contributed by atoms with Gasteiger partial charge in [-0.15, -0.1) is 0 Å². The number of fused-ring (bicyclic) bond motifs is 1. The molecule has 67 valence electrons. The first-order chi connectivity index (χ1) is 6.13. The molecule has 0 aromatic heterocycles. The van der Waals surface area contributed by atoms with Gasteiger partial charge in [0.15, 0.2) is 0 Å². The lowest BCUT2D eigenvalue weighted by molar-refractivity contribution is 0.131. The minimum absolute atomic E-state index is 0.178. The van der Waals surface area contributed by atoms with Gasteiger partial charge in [0.25, 0.3) is 0 Å². The quantitative estimate of drug-likeness (QED) is 0.634. The third kappa shape index (κ3) is 1.38. The van der Waals surface area contributed by atoms with Crippen LogP contribution in [0.15, 0.2) is 18.2 Å². The summed E-state index contributed by atoms with van der Waals surface area (Å²) in [5.74, 6) is 0. The Morgan fingerprint density at radius 1 is 1.46 bits per heavy atom. The lowest BCUT2D eigenvalue weighted by Crippen LogP contribution is -2.17. The molecule has 2 N–H and O–H groups in total. The molecule has 0 saturated carbocycles. The van der Waals surface area contributed by atoms with E-state index in [1.807, 2.05) is 7.48 Å². The monoisotopic (exact) mass is 174 g/mol. The summed E-state index contributed by atoms with van der Waals surface area (Å²) in [6, 6.07) is 6.24. The minimum Gasteiger partial charge on any atom is -0.426 e. The van der Waals surface area contributed by atoms with E-state index >= 15 is 0 Å². The van der Waals surface area contributed by atoms with Crippen LogP contribution in [0.5, 0.6) is 0 Å². The zero-order valence-electron chi connectivity index (χ0n) is 8.00. The van der Waals surface area contributed by atoms with E-state index in [9.17, 15) is 0 Å². The van der Waals surface area contributed by atoms with Crippen molar-refractivity contribution in [3.8, 4) is 0 Å². The van der Waals surface area contributed by atoms with Crippen LogP contribution in [0.1, 0.15) is 25.0 Å².